The molecular formula is C14H18BY-. The molecule has 1 aromatic rings. The third-order valence-corrected chi connectivity index (χ3v) is 3.50. The van der Waals surface area contributed by atoms with E-state index in [0.717, 1.165) is 12.8 Å². The maximum atomic E-state index is 6.09. The van der Waals surface area contributed by atoms with Crippen molar-refractivity contribution in [1.82, 2.24) is 0 Å². The molecule has 0 N–H and O–H groups in total. The van der Waals surface area contributed by atoms with Crippen molar-refractivity contribution < 1.29 is 32.7 Å². The zero-order chi connectivity index (χ0) is 10.7. The molecule has 0 aliphatic heterocycles. The number of hydrogen-bond acceptors (Lipinski definition) is 0. The summed E-state index contributed by atoms with van der Waals surface area (Å²) in [5.74, 6) is 1.12. The number of benzene rings is 1. The van der Waals surface area contributed by atoms with Crippen molar-refractivity contribution in [2.45, 2.75) is 37.9 Å². The quantitative estimate of drug-likeness (QED) is 0.590. The van der Waals surface area contributed by atoms with Crippen molar-refractivity contribution in [3.8, 4) is 0 Å². The maximum absolute atomic E-state index is 6.09. The second kappa shape index (κ2) is 6.96. The summed E-state index contributed by atoms with van der Waals surface area (Å²) in [5, 5.41) is 0. The number of hydrogen-bond donors (Lipinski definition) is 0. The first-order chi connectivity index (χ1) is 7.29. The van der Waals surface area contributed by atoms with E-state index in [9.17, 15) is 0 Å². The van der Waals surface area contributed by atoms with Crippen molar-refractivity contribution >= 4 is 7.85 Å². The van der Waals surface area contributed by atoms with E-state index in [1.165, 1.54) is 30.4 Å². The summed E-state index contributed by atoms with van der Waals surface area (Å²) in [5.41, 5.74) is 2.76. The summed E-state index contributed by atoms with van der Waals surface area (Å²) in [6, 6.07) is 8.77. The molecule has 0 aromatic heterocycles. The van der Waals surface area contributed by atoms with Crippen molar-refractivity contribution in [2.75, 3.05) is 0 Å². The average Bonchev–Trinajstić information content (AvgIpc) is 2.65. The predicted octanol–water partition coefficient (Wildman–Crippen LogP) is 3.36. The van der Waals surface area contributed by atoms with E-state index in [0.29, 0.717) is 11.7 Å². The normalized spacial score (nSPS) is 24.1. The summed E-state index contributed by atoms with van der Waals surface area (Å²) in [6.45, 7) is 3.92. The van der Waals surface area contributed by atoms with Crippen molar-refractivity contribution in [3.63, 3.8) is 0 Å². The van der Waals surface area contributed by atoms with Crippen molar-refractivity contribution in [3.05, 3.63) is 42.3 Å². The summed E-state index contributed by atoms with van der Waals surface area (Å²) >= 11 is 0. The van der Waals surface area contributed by atoms with Crippen LogP contribution in [0.25, 0.3) is 0 Å². The fourth-order valence-electron chi connectivity index (χ4n) is 2.53. The topological polar surface area (TPSA) is 0 Å². The zero-order valence-electron chi connectivity index (χ0n) is 9.86. The van der Waals surface area contributed by atoms with Gasteiger partial charge in [0.05, 0.1) is 7.85 Å². The van der Waals surface area contributed by atoms with Gasteiger partial charge in [-0.25, -0.2) is 0 Å². The SMILES string of the molecule is [B]C1CCCC1Cc1cccc(C[CH2-])c1.[Y]. The van der Waals surface area contributed by atoms with E-state index in [1.54, 1.807) is 0 Å². The Kier molecular flexibility index (Phi) is 6.29. The fraction of sp³-hybridized carbons (Fsp3) is 0.500. The van der Waals surface area contributed by atoms with Gasteiger partial charge < -0.3 is 6.92 Å². The molecule has 0 heterocycles. The van der Waals surface area contributed by atoms with Crippen LogP contribution in [-0.2, 0) is 45.6 Å². The predicted molar refractivity (Wildman–Crippen MR) is 66.1 cm³/mol. The van der Waals surface area contributed by atoms with Crippen LogP contribution in [0.15, 0.2) is 24.3 Å². The van der Waals surface area contributed by atoms with Gasteiger partial charge in [-0.2, -0.15) is 6.42 Å². The first-order valence-electron chi connectivity index (χ1n) is 5.92. The second-order valence-corrected chi connectivity index (χ2v) is 4.63. The fourth-order valence-corrected chi connectivity index (χ4v) is 2.53. The van der Waals surface area contributed by atoms with Crippen LogP contribution in [0.1, 0.15) is 30.4 Å². The number of rotatable bonds is 3. The monoisotopic (exact) mass is 286 g/mol. The average molecular weight is 286 g/mol. The molecule has 2 heteroatoms. The van der Waals surface area contributed by atoms with Gasteiger partial charge in [0.25, 0.3) is 0 Å². The van der Waals surface area contributed by atoms with Gasteiger partial charge in [0, 0.05) is 32.7 Å². The summed E-state index contributed by atoms with van der Waals surface area (Å²) in [6.07, 6.45) is 5.84. The molecule has 0 bridgehead atoms. The zero-order valence-corrected chi connectivity index (χ0v) is 12.7. The van der Waals surface area contributed by atoms with E-state index in [4.69, 9.17) is 7.85 Å². The van der Waals surface area contributed by atoms with Crippen LogP contribution >= 0.6 is 0 Å². The Morgan fingerprint density at radius 1 is 1.25 bits per heavy atom. The minimum absolute atomic E-state index is 0. The second-order valence-electron chi connectivity index (χ2n) is 4.63. The van der Waals surface area contributed by atoms with Crippen LogP contribution in [-0.4, -0.2) is 7.85 Å². The molecule has 0 amide bonds. The van der Waals surface area contributed by atoms with Crippen LogP contribution in [0.3, 0.4) is 0 Å². The van der Waals surface area contributed by atoms with Crippen LogP contribution in [0, 0.1) is 12.8 Å². The van der Waals surface area contributed by atoms with Crippen LogP contribution in [0.2, 0.25) is 5.82 Å². The molecule has 2 atom stereocenters. The largest absolute Gasteiger partial charge is 0.339 e. The first kappa shape index (κ1) is 14.4. The van der Waals surface area contributed by atoms with Crippen molar-refractivity contribution in [1.29, 1.82) is 0 Å². The maximum Gasteiger partial charge on any atom is 0.0703 e. The minimum Gasteiger partial charge on any atom is -0.339 e. The van der Waals surface area contributed by atoms with Gasteiger partial charge in [-0.1, -0.05) is 54.9 Å². The third kappa shape index (κ3) is 3.70. The molecule has 2 rings (SSSR count). The minimum atomic E-state index is 0. The van der Waals surface area contributed by atoms with Crippen molar-refractivity contribution in [2.24, 2.45) is 5.92 Å². The molecule has 0 saturated heterocycles. The summed E-state index contributed by atoms with van der Waals surface area (Å²) in [4.78, 5) is 0. The van der Waals surface area contributed by atoms with E-state index >= 15 is 0 Å². The molecule has 1 fully saturated rings. The van der Waals surface area contributed by atoms with E-state index in [-0.39, 0.29) is 32.7 Å². The molecule has 81 valence electrons. The van der Waals surface area contributed by atoms with Gasteiger partial charge in [-0.05, 0) is 17.9 Å². The standard InChI is InChI=1S/C14H18B.Y/c1-2-11-5-3-6-12(9-11)10-13-7-4-8-14(13)15;/h3,5-6,9,13-14H,1-2,4,7-8,10H2;/q-1;. The molecular weight excluding hydrogens is 268 g/mol. The Bertz CT molecular complexity index is 324. The molecule has 3 radical (unpaired) electrons. The van der Waals surface area contributed by atoms with Crippen LogP contribution in [0.5, 0.6) is 0 Å². The van der Waals surface area contributed by atoms with E-state index in [2.05, 4.69) is 31.2 Å². The summed E-state index contributed by atoms with van der Waals surface area (Å²) < 4.78 is 0. The smallest absolute Gasteiger partial charge is 0.0703 e. The van der Waals surface area contributed by atoms with Crippen LogP contribution < -0.4 is 0 Å². The van der Waals surface area contributed by atoms with Gasteiger partial charge in [0.15, 0.2) is 0 Å². The molecule has 0 nitrogen and oxygen atoms in total. The molecule has 1 aliphatic carbocycles. The van der Waals surface area contributed by atoms with Gasteiger partial charge >= 0.3 is 0 Å². The Hall–Kier alpha value is 0.389. The van der Waals surface area contributed by atoms with Gasteiger partial charge in [-0.15, -0.1) is 0 Å². The van der Waals surface area contributed by atoms with Gasteiger partial charge in [0.1, 0.15) is 0 Å². The van der Waals surface area contributed by atoms with Gasteiger partial charge in [-0.3, -0.25) is 0 Å². The Morgan fingerprint density at radius 2 is 2.00 bits per heavy atom. The molecule has 16 heavy (non-hydrogen) atoms. The third-order valence-electron chi connectivity index (χ3n) is 3.50. The first-order valence-corrected chi connectivity index (χ1v) is 5.92. The summed E-state index contributed by atoms with van der Waals surface area (Å²) in [7, 11) is 6.09. The molecule has 0 spiro atoms. The Balaban J connectivity index is 0.00000128. The molecule has 1 aromatic carbocycles. The Labute approximate surface area is 126 Å². The molecule has 2 unspecified atom stereocenters. The Morgan fingerprint density at radius 3 is 2.62 bits per heavy atom. The van der Waals surface area contributed by atoms with Gasteiger partial charge in [0.2, 0.25) is 0 Å². The van der Waals surface area contributed by atoms with E-state index in [1.807, 2.05) is 0 Å². The molecule has 1 aliphatic rings. The van der Waals surface area contributed by atoms with E-state index < -0.39 is 0 Å². The van der Waals surface area contributed by atoms with Crippen LogP contribution in [0.4, 0.5) is 0 Å². The molecule has 1 saturated carbocycles.